The van der Waals surface area contributed by atoms with Crippen LogP contribution in [0.15, 0.2) is 25.6 Å². The molecule has 0 aromatic heterocycles. The SMILES string of the molecule is CC(C)C[C@H](NC(=O)CNC(=O)c1c(Br)ccc(Br)c1Br)B1OCCNCCO1. The van der Waals surface area contributed by atoms with E-state index in [-0.39, 0.29) is 24.3 Å². The zero-order valence-corrected chi connectivity index (χ0v) is 21.2. The maximum Gasteiger partial charge on any atom is 0.480 e. The Kier molecular flexibility index (Phi) is 10.6. The first-order chi connectivity index (χ1) is 13.8. The maximum absolute atomic E-state index is 12.6. The fraction of sp³-hybridized carbons (Fsp3) is 0.556. The molecule has 0 radical (unpaired) electrons. The molecule has 1 aromatic carbocycles. The molecule has 160 valence electrons. The number of halogens is 3. The van der Waals surface area contributed by atoms with Gasteiger partial charge >= 0.3 is 7.12 Å². The lowest BCUT2D eigenvalue weighted by Gasteiger charge is -2.27. The van der Waals surface area contributed by atoms with E-state index in [1.54, 1.807) is 6.07 Å². The van der Waals surface area contributed by atoms with Crippen molar-refractivity contribution in [2.45, 2.75) is 26.2 Å². The van der Waals surface area contributed by atoms with Crippen LogP contribution in [0.2, 0.25) is 0 Å². The second-order valence-corrected chi connectivity index (χ2v) is 9.57. The first-order valence-corrected chi connectivity index (χ1v) is 11.8. The Morgan fingerprint density at radius 2 is 1.76 bits per heavy atom. The van der Waals surface area contributed by atoms with Crippen LogP contribution < -0.4 is 16.0 Å². The van der Waals surface area contributed by atoms with Crippen LogP contribution in [-0.2, 0) is 14.1 Å². The van der Waals surface area contributed by atoms with Crippen molar-refractivity contribution in [3.8, 4) is 0 Å². The molecule has 2 rings (SSSR count). The van der Waals surface area contributed by atoms with Gasteiger partial charge < -0.3 is 25.3 Å². The van der Waals surface area contributed by atoms with Crippen LogP contribution in [0, 0.1) is 5.92 Å². The Bertz CT molecular complexity index is 716. The topological polar surface area (TPSA) is 88.7 Å². The fourth-order valence-electron chi connectivity index (χ4n) is 2.89. The summed E-state index contributed by atoms with van der Waals surface area (Å²) in [5, 5.41) is 8.82. The molecule has 2 amide bonds. The van der Waals surface area contributed by atoms with Crippen LogP contribution in [0.25, 0.3) is 0 Å². The zero-order chi connectivity index (χ0) is 21.4. The molecule has 1 saturated heterocycles. The van der Waals surface area contributed by atoms with Crippen LogP contribution in [0.3, 0.4) is 0 Å². The molecule has 0 unspecified atom stereocenters. The van der Waals surface area contributed by atoms with Gasteiger partial charge in [0.25, 0.3) is 5.91 Å². The van der Waals surface area contributed by atoms with Crippen molar-refractivity contribution in [1.82, 2.24) is 16.0 Å². The Labute approximate surface area is 196 Å². The number of rotatable bonds is 7. The fourth-order valence-corrected chi connectivity index (χ4v) is 4.52. The van der Waals surface area contributed by atoms with Crippen molar-refractivity contribution < 1.29 is 18.9 Å². The summed E-state index contributed by atoms with van der Waals surface area (Å²) in [4.78, 5) is 25.1. The Morgan fingerprint density at radius 3 is 2.38 bits per heavy atom. The highest BCUT2D eigenvalue weighted by Crippen LogP contribution is 2.32. The number of nitrogens with one attached hydrogen (secondary N) is 3. The highest BCUT2D eigenvalue weighted by Gasteiger charge is 2.33. The van der Waals surface area contributed by atoms with E-state index in [0.29, 0.717) is 40.1 Å². The van der Waals surface area contributed by atoms with Crippen molar-refractivity contribution in [3.05, 3.63) is 31.1 Å². The third-order valence-corrected chi connectivity index (χ3v) is 6.88. The van der Waals surface area contributed by atoms with Crippen molar-refractivity contribution in [1.29, 1.82) is 0 Å². The lowest BCUT2D eigenvalue weighted by atomic mass is 9.73. The summed E-state index contributed by atoms with van der Waals surface area (Å²) < 4.78 is 13.6. The molecule has 11 heteroatoms. The predicted molar refractivity (Wildman–Crippen MR) is 124 cm³/mol. The second kappa shape index (κ2) is 12.4. The van der Waals surface area contributed by atoms with Gasteiger partial charge in [0.15, 0.2) is 0 Å². The molecule has 1 aliphatic rings. The van der Waals surface area contributed by atoms with Gasteiger partial charge in [-0.2, -0.15) is 0 Å². The van der Waals surface area contributed by atoms with Crippen molar-refractivity contribution in [2.24, 2.45) is 5.92 Å². The van der Waals surface area contributed by atoms with E-state index >= 15 is 0 Å². The van der Waals surface area contributed by atoms with E-state index in [4.69, 9.17) is 9.31 Å². The first-order valence-electron chi connectivity index (χ1n) is 9.44. The zero-order valence-electron chi connectivity index (χ0n) is 16.4. The van der Waals surface area contributed by atoms with Gasteiger partial charge in [-0.1, -0.05) is 13.8 Å². The molecule has 1 atom stereocenters. The summed E-state index contributed by atoms with van der Waals surface area (Å²) in [7, 11) is -0.507. The Hall–Kier alpha value is -0.455. The largest absolute Gasteiger partial charge is 0.480 e. The van der Waals surface area contributed by atoms with Crippen LogP contribution in [0.1, 0.15) is 30.6 Å². The standard InChI is InChI=1S/C18H25BBr3N3O4/c1-11(2)9-14(19-28-7-5-23-6-8-29-19)25-15(26)10-24-18(27)16-12(20)3-4-13(21)17(16)22/h3-4,11,14,23H,5-10H2,1-2H3,(H,24,27)(H,25,26)/t14-/m0/s1. The van der Waals surface area contributed by atoms with E-state index in [1.807, 2.05) is 6.07 Å². The minimum Gasteiger partial charge on any atom is -0.408 e. The van der Waals surface area contributed by atoms with Crippen LogP contribution in [0.4, 0.5) is 0 Å². The third-order valence-electron chi connectivity index (χ3n) is 4.20. The van der Waals surface area contributed by atoms with Gasteiger partial charge in [0.2, 0.25) is 5.91 Å². The lowest BCUT2D eigenvalue weighted by Crippen LogP contribution is -2.53. The molecule has 0 bridgehead atoms. The predicted octanol–water partition coefficient (Wildman–Crippen LogP) is 2.90. The second-order valence-electron chi connectivity index (χ2n) is 7.06. The third kappa shape index (κ3) is 7.95. The van der Waals surface area contributed by atoms with Crippen LogP contribution >= 0.6 is 47.8 Å². The number of amides is 2. The molecule has 0 aliphatic carbocycles. The molecule has 0 spiro atoms. The summed E-state index contributed by atoms with van der Waals surface area (Å²) in [6.45, 7) is 6.52. The Balaban J connectivity index is 1.97. The summed E-state index contributed by atoms with van der Waals surface area (Å²) in [5.41, 5.74) is 0.421. The highest BCUT2D eigenvalue weighted by molar-refractivity contribution is 9.13. The van der Waals surface area contributed by atoms with Gasteiger partial charge in [-0.15, -0.1) is 0 Å². The number of benzene rings is 1. The molecule has 29 heavy (non-hydrogen) atoms. The molecule has 1 fully saturated rings. The van der Waals surface area contributed by atoms with E-state index < -0.39 is 7.12 Å². The number of hydrogen-bond donors (Lipinski definition) is 3. The molecule has 1 heterocycles. The summed E-state index contributed by atoms with van der Waals surface area (Å²) in [6.07, 6.45) is 0.709. The van der Waals surface area contributed by atoms with Crippen LogP contribution in [-0.4, -0.2) is 57.7 Å². The highest BCUT2D eigenvalue weighted by atomic mass is 79.9. The van der Waals surface area contributed by atoms with Gasteiger partial charge in [0, 0.05) is 39.7 Å². The molecule has 1 aromatic rings. The number of carbonyl (C=O) groups excluding carboxylic acids is 2. The average Bonchev–Trinajstić information content (AvgIpc) is 2.62. The monoisotopic (exact) mass is 595 g/mol. The minimum atomic E-state index is -0.507. The summed E-state index contributed by atoms with van der Waals surface area (Å²) in [6, 6.07) is 3.58. The number of hydrogen-bond acceptors (Lipinski definition) is 5. The molecule has 0 saturated carbocycles. The number of carbonyl (C=O) groups is 2. The molecule has 7 nitrogen and oxygen atoms in total. The summed E-state index contributed by atoms with van der Waals surface area (Å²) >= 11 is 10.1. The van der Waals surface area contributed by atoms with Crippen molar-refractivity contribution >= 4 is 66.7 Å². The first kappa shape index (κ1) is 24.8. The van der Waals surface area contributed by atoms with Gasteiger partial charge in [0.1, 0.15) is 0 Å². The van der Waals surface area contributed by atoms with Gasteiger partial charge in [-0.05, 0) is 72.3 Å². The van der Waals surface area contributed by atoms with Crippen LogP contribution in [0.5, 0.6) is 0 Å². The molecular formula is C18H25BBr3N3O4. The lowest BCUT2D eigenvalue weighted by molar-refractivity contribution is -0.120. The van der Waals surface area contributed by atoms with E-state index in [9.17, 15) is 9.59 Å². The van der Waals surface area contributed by atoms with E-state index in [1.165, 1.54) is 0 Å². The average molecular weight is 598 g/mol. The maximum atomic E-state index is 12.6. The van der Waals surface area contributed by atoms with Gasteiger partial charge in [0.05, 0.1) is 18.0 Å². The van der Waals surface area contributed by atoms with Gasteiger partial charge in [-0.3, -0.25) is 9.59 Å². The van der Waals surface area contributed by atoms with Gasteiger partial charge in [-0.25, -0.2) is 0 Å². The smallest absolute Gasteiger partial charge is 0.408 e. The van der Waals surface area contributed by atoms with E-state index in [2.05, 4.69) is 77.6 Å². The molecule has 1 aliphatic heterocycles. The molecular weight excluding hydrogens is 573 g/mol. The van der Waals surface area contributed by atoms with Crippen molar-refractivity contribution in [3.63, 3.8) is 0 Å². The Morgan fingerprint density at radius 1 is 1.14 bits per heavy atom. The normalized spacial score (nSPS) is 16.1. The quantitative estimate of drug-likeness (QED) is 0.332. The van der Waals surface area contributed by atoms with E-state index in [0.717, 1.165) is 17.6 Å². The molecule has 3 N–H and O–H groups in total. The minimum absolute atomic E-state index is 0.146. The summed E-state index contributed by atoms with van der Waals surface area (Å²) in [5.74, 6) is -0.593. The van der Waals surface area contributed by atoms with Crippen molar-refractivity contribution in [2.75, 3.05) is 32.8 Å².